The summed E-state index contributed by atoms with van der Waals surface area (Å²) in [4.78, 5) is 0. The highest BCUT2D eigenvalue weighted by atomic mass is 79.9. The number of nitrogens with one attached hydrogen (secondary N) is 1. The van der Waals surface area contributed by atoms with Crippen molar-refractivity contribution in [3.63, 3.8) is 0 Å². The highest BCUT2D eigenvalue weighted by molar-refractivity contribution is 9.10. The summed E-state index contributed by atoms with van der Waals surface area (Å²) in [6, 6.07) is 4.22. The minimum Gasteiger partial charge on any atom is -0.453 e. The highest BCUT2D eigenvalue weighted by Crippen LogP contribution is 2.14. The first kappa shape index (κ1) is 12.7. The van der Waals surface area contributed by atoms with E-state index in [0.717, 1.165) is 23.6 Å². The second-order valence-electron chi connectivity index (χ2n) is 3.89. The van der Waals surface area contributed by atoms with Crippen LogP contribution in [0.3, 0.4) is 0 Å². The molecule has 1 heterocycles. The summed E-state index contributed by atoms with van der Waals surface area (Å²) >= 11 is 3.28. The Morgan fingerprint density at radius 1 is 1.47 bits per heavy atom. The summed E-state index contributed by atoms with van der Waals surface area (Å²) < 4.78 is 11.3. The topological polar surface area (TPSA) is 34.4 Å². The van der Waals surface area contributed by atoms with Crippen molar-refractivity contribution in [2.24, 2.45) is 5.92 Å². The van der Waals surface area contributed by atoms with Crippen molar-refractivity contribution in [2.45, 2.75) is 26.4 Å². The van der Waals surface area contributed by atoms with Crippen LogP contribution < -0.4 is 5.32 Å². The maximum atomic E-state index is 5.41. The van der Waals surface area contributed by atoms with E-state index in [9.17, 15) is 0 Å². The maximum absolute atomic E-state index is 5.41. The number of ether oxygens (including phenoxy) is 1. The summed E-state index contributed by atoms with van der Waals surface area (Å²) in [6.45, 7) is 5.81. The van der Waals surface area contributed by atoms with Gasteiger partial charge in [-0.25, -0.2) is 0 Å². The van der Waals surface area contributed by atoms with Crippen LogP contribution in [-0.2, 0) is 11.3 Å². The molecule has 4 heteroatoms. The van der Waals surface area contributed by atoms with Crippen molar-refractivity contribution in [1.82, 2.24) is 5.32 Å². The van der Waals surface area contributed by atoms with Crippen LogP contribution in [-0.4, -0.2) is 19.8 Å². The molecule has 0 spiro atoms. The maximum Gasteiger partial charge on any atom is 0.169 e. The van der Waals surface area contributed by atoms with Crippen molar-refractivity contribution in [3.8, 4) is 0 Å². The molecule has 0 aliphatic rings. The molecule has 0 saturated heterocycles. The standard InChI is InChI=1S/C11H18BrNO2/c1-8(2)10(7-14-3)13-6-9-4-5-11(12)15-9/h4-5,8,10,13H,6-7H2,1-3H3. The zero-order valence-corrected chi connectivity index (χ0v) is 11.0. The third-order valence-corrected chi connectivity index (χ3v) is 2.74. The van der Waals surface area contributed by atoms with Gasteiger partial charge in [0.15, 0.2) is 4.67 Å². The Morgan fingerprint density at radius 2 is 2.20 bits per heavy atom. The number of halogens is 1. The second kappa shape index (κ2) is 6.30. The first-order valence-corrected chi connectivity index (χ1v) is 5.89. The van der Waals surface area contributed by atoms with Gasteiger partial charge in [0.05, 0.1) is 13.2 Å². The molecule has 1 atom stereocenters. The predicted molar refractivity (Wildman–Crippen MR) is 63.7 cm³/mol. The van der Waals surface area contributed by atoms with Crippen LogP contribution in [0.4, 0.5) is 0 Å². The lowest BCUT2D eigenvalue weighted by Crippen LogP contribution is -2.37. The fourth-order valence-electron chi connectivity index (χ4n) is 1.35. The van der Waals surface area contributed by atoms with E-state index in [1.165, 1.54) is 0 Å². The quantitative estimate of drug-likeness (QED) is 0.867. The minimum atomic E-state index is 0.360. The van der Waals surface area contributed by atoms with Crippen LogP contribution in [0.2, 0.25) is 0 Å². The van der Waals surface area contributed by atoms with E-state index in [-0.39, 0.29) is 0 Å². The summed E-state index contributed by atoms with van der Waals surface area (Å²) in [6.07, 6.45) is 0. The molecule has 1 N–H and O–H groups in total. The Balaban J connectivity index is 2.39. The zero-order valence-electron chi connectivity index (χ0n) is 9.42. The van der Waals surface area contributed by atoms with Crippen molar-refractivity contribution in [3.05, 3.63) is 22.6 Å². The molecule has 0 saturated carbocycles. The summed E-state index contributed by atoms with van der Waals surface area (Å²) in [5.74, 6) is 1.48. The third kappa shape index (κ3) is 4.36. The Morgan fingerprint density at radius 3 is 2.67 bits per heavy atom. The van der Waals surface area contributed by atoms with Crippen molar-refractivity contribution in [2.75, 3.05) is 13.7 Å². The molecule has 0 amide bonds. The van der Waals surface area contributed by atoms with Crippen LogP contribution in [0.25, 0.3) is 0 Å². The van der Waals surface area contributed by atoms with E-state index in [4.69, 9.17) is 9.15 Å². The molecule has 0 radical (unpaired) electrons. The fourth-order valence-corrected chi connectivity index (χ4v) is 1.69. The van der Waals surface area contributed by atoms with Crippen LogP contribution >= 0.6 is 15.9 Å². The summed E-state index contributed by atoms with van der Waals surface area (Å²) in [5, 5.41) is 3.41. The Kier molecular flexibility index (Phi) is 5.36. The molecule has 3 nitrogen and oxygen atoms in total. The molecular weight excluding hydrogens is 258 g/mol. The molecule has 0 aromatic carbocycles. The second-order valence-corrected chi connectivity index (χ2v) is 4.67. The molecular formula is C11H18BrNO2. The van der Waals surface area contributed by atoms with E-state index >= 15 is 0 Å². The van der Waals surface area contributed by atoms with Crippen LogP contribution in [0.15, 0.2) is 21.2 Å². The number of hydrogen-bond acceptors (Lipinski definition) is 3. The molecule has 0 fully saturated rings. The highest BCUT2D eigenvalue weighted by Gasteiger charge is 2.12. The molecule has 86 valence electrons. The van der Waals surface area contributed by atoms with Gasteiger partial charge in [-0.15, -0.1) is 0 Å². The van der Waals surface area contributed by atoms with Gasteiger partial charge in [-0.1, -0.05) is 13.8 Å². The first-order chi connectivity index (χ1) is 7.13. The van der Waals surface area contributed by atoms with E-state index in [1.807, 2.05) is 12.1 Å². The Bertz CT molecular complexity index is 286. The van der Waals surface area contributed by atoms with E-state index in [0.29, 0.717) is 12.0 Å². The smallest absolute Gasteiger partial charge is 0.169 e. The zero-order chi connectivity index (χ0) is 11.3. The van der Waals surface area contributed by atoms with Gasteiger partial charge in [0.1, 0.15) is 5.76 Å². The van der Waals surface area contributed by atoms with Gasteiger partial charge in [-0.3, -0.25) is 0 Å². The van der Waals surface area contributed by atoms with Gasteiger partial charge < -0.3 is 14.5 Å². The third-order valence-electron chi connectivity index (χ3n) is 2.32. The van der Waals surface area contributed by atoms with Crippen molar-refractivity contribution < 1.29 is 9.15 Å². The number of rotatable bonds is 6. The van der Waals surface area contributed by atoms with Crippen LogP contribution in [0.5, 0.6) is 0 Å². The Labute approximate surface area is 99.3 Å². The van der Waals surface area contributed by atoms with Gasteiger partial charge in [0.2, 0.25) is 0 Å². The minimum absolute atomic E-state index is 0.360. The summed E-state index contributed by atoms with van der Waals surface area (Å²) in [5.41, 5.74) is 0. The van der Waals surface area contributed by atoms with Gasteiger partial charge in [-0.2, -0.15) is 0 Å². The van der Waals surface area contributed by atoms with Crippen LogP contribution in [0.1, 0.15) is 19.6 Å². The lowest BCUT2D eigenvalue weighted by Gasteiger charge is -2.20. The number of furan rings is 1. The monoisotopic (exact) mass is 275 g/mol. The number of methoxy groups -OCH3 is 1. The lowest BCUT2D eigenvalue weighted by atomic mass is 10.1. The largest absolute Gasteiger partial charge is 0.453 e. The molecule has 0 aliphatic heterocycles. The van der Waals surface area contributed by atoms with Crippen molar-refractivity contribution >= 4 is 15.9 Å². The van der Waals surface area contributed by atoms with Gasteiger partial charge in [0, 0.05) is 13.2 Å². The molecule has 0 aliphatic carbocycles. The summed E-state index contributed by atoms with van der Waals surface area (Å²) in [7, 11) is 1.72. The first-order valence-electron chi connectivity index (χ1n) is 5.10. The normalized spacial score (nSPS) is 13.4. The predicted octanol–water partition coefficient (Wildman–Crippen LogP) is 2.80. The average molecular weight is 276 g/mol. The van der Waals surface area contributed by atoms with Gasteiger partial charge in [0.25, 0.3) is 0 Å². The molecule has 15 heavy (non-hydrogen) atoms. The fraction of sp³-hybridized carbons (Fsp3) is 0.636. The van der Waals surface area contributed by atoms with E-state index in [2.05, 4.69) is 35.1 Å². The molecule has 1 rings (SSSR count). The molecule has 1 unspecified atom stereocenters. The van der Waals surface area contributed by atoms with Crippen LogP contribution in [0, 0.1) is 5.92 Å². The molecule has 1 aromatic heterocycles. The lowest BCUT2D eigenvalue weighted by molar-refractivity contribution is 0.145. The van der Waals surface area contributed by atoms with Crippen molar-refractivity contribution in [1.29, 1.82) is 0 Å². The van der Waals surface area contributed by atoms with Gasteiger partial charge >= 0.3 is 0 Å². The average Bonchev–Trinajstić information content (AvgIpc) is 2.58. The SMILES string of the molecule is COCC(NCc1ccc(Br)o1)C(C)C. The molecule has 1 aromatic rings. The van der Waals surface area contributed by atoms with E-state index in [1.54, 1.807) is 7.11 Å². The Hall–Kier alpha value is -0.320. The van der Waals surface area contributed by atoms with E-state index < -0.39 is 0 Å². The molecule has 0 bridgehead atoms. The van der Waals surface area contributed by atoms with Gasteiger partial charge in [-0.05, 0) is 34.0 Å². The number of hydrogen-bond donors (Lipinski definition) is 1.